The minimum atomic E-state index is -1.08. The largest absolute Gasteiger partial charge is 0.481 e. The topological polar surface area (TPSA) is 66.4 Å². The highest BCUT2D eigenvalue weighted by Gasteiger charge is 2.39. The van der Waals surface area contributed by atoms with Crippen LogP contribution in [0, 0.1) is 0 Å². The van der Waals surface area contributed by atoms with E-state index in [9.17, 15) is 14.7 Å². The average Bonchev–Trinajstić information content (AvgIpc) is 2.95. The first-order valence-electron chi connectivity index (χ1n) is 7.77. The van der Waals surface area contributed by atoms with Gasteiger partial charge in [0.25, 0.3) is 0 Å². The summed E-state index contributed by atoms with van der Waals surface area (Å²) in [6.45, 7) is 3.93. The molecular weight excluding hydrogens is 278 g/mol. The number of benzene rings is 1. The molecule has 0 spiro atoms. The smallest absolute Gasteiger partial charge is 0.315 e. The summed E-state index contributed by atoms with van der Waals surface area (Å²) in [6, 6.07) is 9.13. The van der Waals surface area contributed by atoms with E-state index < -0.39 is 11.4 Å². The fourth-order valence-corrected chi connectivity index (χ4v) is 3.08. The van der Waals surface area contributed by atoms with E-state index in [0.717, 1.165) is 36.0 Å². The SMILES string of the molecule is CCC(CNC(=O)C1=C(C)CCC1)(C(=O)O)c1ccccc1. The number of carbonyl (C=O) groups is 2. The average molecular weight is 301 g/mol. The number of allylic oxidation sites excluding steroid dienone is 1. The summed E-state index contributed by atoms with van der Waals surface area (Å²) in [5.41, 5.74) is 1.59. The van der Waals surface area contributed by atoms with E-state index in [1.165, 1.54) is 0 Å². The van der Waals surface area contributed by atoms with Gasteiger partial charge in [-0.15, -0.1) is 0 Å². The maximum Gasteiger partial charge on any atom is 0.315 e. The van der Waals surface area contributed by atoms with Crippen molar-refractivity contribution in [2.75, 3.05) is 6.54 Å². The van der Waals surface area contributed by atoms with Crippen molar-refractivity contribution in [1.29, 1.82) is 0 Å². The molecule has 0 fully saturated rings. The summed E-state index contributed by atoms with van der Waals surface area (Å²) < 4.78 is 0. The van der Waals surface area contributed by atoms with E-state index >= 15 is 0 Å². The Labute approximate surface area is 131 Å². The zero-order chi connectivity index (χ0) is 16.2. The molecule has 118 valence electrons. The Kier molecular flexibility index (Phi) is 5.01. The lowest BCUT2D eigenvalue weighted by atomic mass is 9.78. The van der Waals surface area contributed by atoms with Crippen LogP contribution in [0.15, 0.2) is 41.5 Å². The third-order valence-electron chi connectivity index (χ3n) is 4.66. The second-order valence-corrected chi connectivity index (χ2v) is 5.90. The van der Waals surface area contributed by atoms with Gasteiger partial charge in [-0.1, -0.05) is 42.8 Å². The molecule has 4 nitrogen and oxygen atoms in total. The maximum absolute atomic E-state index is 12.3. The molecule has 1 aromatic rings. The van der Waals surface area contributed by atoms with Gasteiger partial charge in [0.1, 0.15) is 5.41 Å². The molecule has 0 radical (unpaired) electrons. The molecule has 1 aliphatic rings. The van der Waals surface area contributed by atoms with E-state index in [-0.39, 0.29) is 12.5 Å². The Morgan fingerprint density at radius 1 is 1.23 bits per heavy atom. The number of amides is 1. The van der Waals surface area contributed by atoms with Crippen molar-refractivity contribution in [3.8, 4) is 0 Å². The third-order valence-corrected chi connectivity index (χ3v) is 4.66. The Morgan fingerprint density at radius 2 is 1.91 bits per heavy atom. The molecule has 1 amide bonds. The van der Waals surface area contributed by atoms with Gasteiger partial charge in [-0.25, -0.2) is 0 Å². The Morgan fingerprint density at radius 3 is 2.41 bits per heavy atom. The van der Waals surface area contributed by atoms with E-state index in [2.05, 4.69) is 5.32 Å². The molecule has 4 heteroatoms. The van der Waals surface area contributed by atoms with Gasteiger partial charge in [0, 0.05) is 12.1 Å². The molecule has 1 unspecified atom stereocenters. The van der Waals surface area contributed by atoms with Crippen LogP contribution < -0.4 is 5.32 Å². The monoisotopic (exact) mass is 301 g/mol. The van der Waals surface area contributed by atoms with Crippen molar-refractivity contribution in [1.82, 2.24) is 5.32 Å². The summed E-state index contributed by atoms with van der Waals surface area (Å²) in [5, 5.41) is 12.6. The Hall–Kier alpha value is -2.10. The highest BCUT2D eigenvalue weighted by molar-refractivity contribution is 5.95. The quantitative estimate of drug-likeness (QED) is 0.848. The molecule has 0 aliphatic heterocycles. The summed E-state index contributed by atoms with van der Waals surface area (Å²) in [5.74, 6) is -1.02. The Balaban J connectivity index is 2.20. The molecule has 1 aromatic carbocycles. The molecular formula is C18H23NO3. The van der Waals surface area contributed by atoms with Gasteiger partial charge in [-0.05, 0) is 38.2 Å². The minimum Gasteiger partial charge on any atom is -0.481 e. The van der Waals surface area contributed by atoms with Gasteiger partial charge < -0.3 is 10.4 Å². The van der Waals surface area contributed by atoms with Crippen LogP contribution in [0.1, 0.15) is 45.1 Å². The second kappa shape index (κ2) is 6.77. The lowest BCUT2D eigenvalue weighted by Gasteiger charge is -2.29. The van der Waals surface area contributed by atoms with E-state index in [1.54, 1.807) is 0 Å². The fraction of sp³-hybridized carbons (Fsp3) is 0.444. The van der Waals surface area contributed by atoms with Gasteiger partial charge in [-0.2, -0.15) is 0 Å². The van der Waals surface area contributed by atoms with Gasteiger partial charge in [0.05, 0.1) is 0 Å². The predicted molar refractivity (Wildman–Crippen MR) is 85.6 cm³/mol. The van der Waals surface area contributed by atoms with Gasteiger partial charge in [0.2, 0.25) is 5.91 Å². The third kappa shape index (κ3) is 3.06. The lowest BCUT2D eigenvalue weighted by Crippen LogP contribution is -2.46. The number of aliphatic carboxylic acids is 1. The number of nitrogens with one attached hydrogen (secondary N) is 1. The van der Waals surface area contributed by atoms with Crippen LogP contribution in [-0.2, 0) is 15.0 Å². The number of carbonyl (C=O) groups excluding carboxylic acids is 1. The standard InChI is InChI=1S/C18H23NO3/c1-3-18(17(21)22,14-9-5-4-6-10-14)12-19-16(20)15-11-7-8-13(15)2/h4-6,9-10H,3,7-8,11-12H2,1-2H3,(H,19,20)(H,21,22). The van der Waals surface area contributed by atoms with Crippen molar-refractivity contribution in [3.63, 3.8) is 0 Å². The molecule has 22 heavy (non-hydrogen) atoms. The van der Waals surface area contributed by atoms with Crippen molar-refractivity contribution in [2.45, 2.75) is 44.9 Å². The highest BCUT2D eigenvalue weighted by Crippen LogP contribution is 2.29. The van der Waals surface area contributed by atoms with Crippen molar-refractivity contribution in [2.24, 2.45) is 0 Å². The number of carboxylic acid groups (broad SMARTS) is 1. The first-order chi connectivity index (χ1) is 10.5. The number of rotatable bonds is 6. The lowest BCUT2D eigenvalue weighted by molar-refractivity contribution is -0.144. The molecule has 0 heterocycles. The van der Waals surface area contributed by atoms with Crippen LogP contribution in [0.3, 0.4) is 0 Å². The van der Waals surface area contributed by atoms with Crippen LogP contribution in [0.5, 0.6) is 0 Å². The minimum absolute atomic E-state index is 0.110. The molecule has 1 aliphatic carbocycles. The molecule has 0 aromatic heterocycles. The predicted octanol–water partition coefficient (Wildman–Crippen LogP) is 3.04. The first kappa shape index (κ1) is 16.3. The van der Waals surface area contributed by atoms with E-state index in [0.29, 0.717) is 6.42 Å². The summed E-state index contributed by atoms with van der Waals surface area (Å²) in [7, 11) is 0. The molecule has 2 rings (SSSR count). The van der Waals surface area contributed by atoms with Crippen molar-refractivity contribution < 1.29 is 14.7 Å². The normalized spacial score (nSPS) is 17.2. The molecule has 2 N–H and O–H groups in total. The van der Waals surface area contributed by atoms with Crippen molar-refractivity contribution in [3.05, 3.63) is 47.0 Å². The highest BCUT2D eigenvalue weighted by atomic mass is 16.4. The van der Waals surface area contributed by atoms with Gasteiger partial charge >= 0.3 is 5.97 Å². The summed E-state index contributed by atoms with van der Waals surface area (Å²) >= 11 is 0. The number of carboxylic acids is 1. The fourth-order valence-electron chi connectivity index (χ4n) is 3.08. The molecule has 0 saturated heterocycles. The van der Waals surface area contributed by atoms with E-state index in [1.807, 2.05) is 44.2 Å². The van der Waals surface area contributed by atoms with Crippen LogP contribution in [0.25, 0.3) is 0 Å². The van der Waals surface area contributed by atoms with Gasteiger partial charge in [0.15, 0.2) is 0 Å². The number of hydrogen-bond donors (Lipinski definition) is 2. The first-order valence-corrected chi connectivity index (χ1v) is 7.77. The Bertz CT molecular complexity index is 592. The van der Waals surface area contributed by atoms with Crippen LogP contribution in [0.4, 0.5) is 0 Å². The zero-order valence-corrected chi connectivity index (χ0v) is 13.2. The van der Waals surface area contributed by atoms with Crippen molar-refractivity contribution >= 4 is 11.9 Å². The van der Waals surface area contributed by atoms with Crippen LogP contribution >= 0.6 is 0 Å². The summed E-state index contributed by atoms with van der Waals surface area (Å²) in [6.07, 6.45) is 3.17. The molecule has 1 atom stereocenters. The number of hydrogen-bond acceptors (Lipinski definition) is 2. The zero-order valence-electron chi connectivity index (χ0n) is 13.2. The van der Waals surface area contributed by atoms with Gasteiger partial charge in [-0.3, -0.25) is 9.59 Å². The molecule has 0 saturated carbocycles. The summed E-state index contributed by atoms with van der Waals surface area (Å²) in [4.78, 5) is 24.2. The molecule has 0 bridgehead atoms. The van der Waals surface area contributed by atoms with Crippen LogP contribution in [-0.4, -0.2) is 23.5 Å². The van der Waals surface area contributed by atoms with Crippen LogP contribution in [0.2, 0.25) is 0 Å². The van der Waals surface area contributed by atoms with E-state index in [4.69, 9.17) is 0 Å². The second-order valence-electron chi connectivity index (χ2n) is 5.90. The maximum atomic E-state index is 12.3.